The first-order chi connectivity index (χ1) is 10.1. The summed E-state index contributed by atoms with van der Waals surface area (Å²) in [6, 6.07) is 9.17. The highest BCUT2D eigenvalue weighted by Gasteiger charge is 2.19. The van der Waals surface area contributed by atoms with Crippen LogP contribution < -0.4 is 11.2 Å². The van der Waals surface area contributed by atoms with Gasteiger partial charge in [-0.15, -0.1) is 0 Å². The van der Waals surface area contributed by atoms with Crippen molar-refractivity contribution in [2.45, 2.75) is 6.42 Å². The molecule has 6 nitrogen and oxygen atoms in total. The van der Waals surface area contributed by atoms with Crippen molar-refractivity contribution in [3.63, 3.8) is 0 Å². The van der Waals surface area contributed by atoms with Gasteiger partial charge in [0.25, 0.3) is 5.56 Å². The van der Waals surface area contributed by atoms with Crippen LogP contribution >= 0.6 is 0 Å². The van der Waals surface area contributed by atoms with Crippen LogP contribution in [0.5, 0.6) is 0 Å². The fraction of sp³-hybridized carbons (Fsp3) is 0.133. The summed E-state index contributed by atoms with van der Waals surface area (Å²) in [6.07, 6.45) is 1.65. The fourth-order valence-electron chi connectivity index (χ4n) is 1.89. The lowest BCUT2D eigenvalue weighted by atomic mass is 10.1. The highest BCUT2D eigenvalue weighted by Crippen LogP contribution is 2.09. The maximum Gasteiger partial charge on any atom is 0.345 e. The Hall–Kier alpha value is -2.89. The summed E-state index contributed by atoms with van der Waals surface area (Å²) >= 11 is 0. The fourth-order valence-corrected chi connectivity index (χ4v) is 1.89. The summed E-state index contributed by atoms with van der Waals surface area (Å²) in [5.41, 5.74) is -0.536. The second-order valence-electron chi connectivity index (χ2n) is 4.31. The second-order valence-corrected chi connectivity index (χ2v) is 4.31. The van der Waals surface area contributed by atoms with Crippen LogP contribution in [0, 0.1) is 0 Å². The van der Waals surface area contributed by atoms with E-state index < -0.39 is 17.2 Å². The quantitative estimate of drug-likeness (QED) is 0.633. The largest absolute Gasteiger partial charge is 0.458 e. The molecule has 0 saturated heterocycles. The van der Waals surface area contributed by atoms with Crippen molar-refractivity contribution in [2.75, 3.05) is 6.61 Å². The van der Waals surface area contributed by atoms with Gasteiger partial charge >= 0.3 is 11.7 Å². The maximum absolute atomic E-state index is 11.9. The van der Waals surface area contributed by atoms with Crippen LogP contribution in [0.2, 0.25) is 0 Å². The zero-order valence-corrected chi connectivity index (χ0v) is 11.2. The van der Waals surface area contributed by atoms with Gasteiger partial charge in [0.15, 0.2) is 0 Å². The number of nitrogens with one attached hydrogen (secondary N) is 2. The Morgan fingerprint density at radius 2 is 1.90 bits per heavy atom. The van der Waals surface area contributed by atoms with Gasteiger partial charge in [-0.3, -0.25) is 9.78 Å². The molecule has 0 fully saturated rings. The van der Waals surface area contributed by atoms with Crippen molar-refractivity contribution in [3.05, 3.63) is 80.6 Å². The molecule has 0 saturated carbocycles. The molecule has 6 heteroatoms. The summed E-state index contributed by atoms with van der Waals surface area (Å²) in [4.78, 5) is 39.7. The number of benzene rings is 1. The van der Waals surface area contributed by atoms with E-state index in [-0.39, 0.29) is 24.3 Å². The van der Waals surface area contributed by atoms with Gasteiger partial charge < -0.3 is 9.72 Å². The third kappa shape index (κ3) is 3.56. The van der Waals surface area contributed by atoms with E-state index >= 15 is 0 Å². The van der Waals surface area contributed by atoms with Crippen molar-refractivity contribution in [1.29, 1.82) is 0 Å². The summed E-state index contributed by atoms with van der Waals surface area (Å²) in [5.74, 6) is -0.793. The van der Waals surface area contributed by atoms with Crippen LogP contribution in [-0.4, -0.2) is 22.5 Å². The molecule has 0 unspecified atom stereocenters. The molecule has 0 aliphatic rings. The zero-order chi connectivity index (χ0) is 15.2. The Kier molecular flexibility index (Phi) is 4.50. The molecule has 0 bridgehead atoms. The number of carbonyl (C=O) groups excluding carboxylic acids is 1. The van der Waals surface area contributed by atoms with Crippen molar-refractivity contribution >= 4 is 5.97 Å². The normalized spacial score (nSPS) is 10.1. The van der Waals surface area contributed by atoms with Crippen LogP contribution in [-0.2, 0) is 11.2 Å². The van der Waals surface area contributed by atoms with Crippen LogP contribution in [0.4, 0.5) is 0 Å². The average Bonchev–Trinajstić information content (AvgIpc) is 2.45. The lowest BCUT2D eigenvalue weighted by Crippen LogP contribution is -2.31. The topological polar surface area (TPSA) is 92.0 Å². The molecule has 1 aromatic carbocycles. The third-order valence-electron chi connectivity index (χ3n) is 2.78. The van der Waals surface area contributed by atoms with Crippen LogP contribution in [0.1, 0.15) is 21.6 Å². The number of H-pyrrole nitrogens is 2. The summed E-state index contributed by atoms with van der Waals surface area (Å²) in [7, 11) is 0. The number of ether oxygens (including phenoxy) is 1. The molecule has 1 aromatic heterocycles. The first-order valence-corrected chi connectivity index (χ1v) is 6.29. The molecule has 21 heavy (non-hydrogen) atoms. The standard InChI is InChI=1S/C15H14N2O4/c1-2-8-21-14(19)12-11(16-15(20)17-13(12)18)9-10-6-4-3-5-7-10/h2-7H,1,8-9H2,(H2,16,17,18,20). The molecule has 2 aromatic rings. The van der Waals surface area contributed by atoms with Crippen molar-refractivity contribution in [3.8, 4) is 0 Å². The van der Waals surface area contributed by atoms with Crippen LogP contribution in [0.3, 0.4) is 0 Å². The minimum atomic E-state index is -0.793. The van der Waals surface area contributed by atoms with Gasteiger partial charge in [0.2, 0.25) is 0 Å². The third-order valence-corrected chi connectivity index (χ3v) is 2.78. The van der Waals surface area contributed by atoms with Crippen LogP contribution in [0.25, 0.3) is 0 Å². The monoisotopic (exact) mass is 286 g/mol. The molecular formula is C15H14N2O4. The minimum absolute atomic E-state index is 0.0117. The molecule has 0 spiro atoms. The highest BCUT2D eigenvalue weighted by atomic mass is 16.5. The van der Waals surface area contributed by atoms with E-state index in [1.54, 1.807) is 0 Å². The maximum atomic E-state index is 11.9. The van der Waals surface area contributed by atoms with E-state index in [4.69, 9.17) is 4.74 Å². The van der Waals surface area contributed by atoms with E-state index in [9.17, 15) is 14.4 Å². The van der Waals surface area contributed by atoms with Gasteiger partial charge in [0.05, 0.1) is 0 Å². The molecule has 1 heterocycles. The van der Waals surface area contributed by atoms with Crippen LogP contribution in [0.15, 0.2) is 52.6 Å². The lowest BCUT2D eigenvalue weighted by Gasteiger charge is -2.07. The molecule has 0 aliphatic carbocycles. The van der Waals surface area contributed by atoms with Gasteiger partial charge in [-0.05, 0) is 5.56 Å². The number of rotatable bonds is 5. The molecule has 0 atom stereocenters. The van der Waals surface area contributed by atoms with Gasteiger partial charge in [-0.2, -0.15) is 0 Å². The Labute approximate surface area is 120 Å². The van der Waals surface area contributed by atoms with E-state index in [1.807, 2.05) is 35.3 Å². The zero-order valence-electron chi connectivity index (χ0n) is 11.2. The van der Waals surface area contributed by atoms with Gasteiger partial charge in [0, 0.05) is 12.1 Å². The van der Waals surface area contributed by atoms with Crippen molar-refractivity contribution in [2.24, 2.45) is 0 Å². The number of hydrogen-bond acceptors (Lipinski definition) is 4. The second kappa shape index (κ2) is 6.51. The molecule has 0 radical (unpaired) electrons. The number of aromatic amines is 2. The molecule has 2 rings (SSSR count). The average molecular weight is 286 g/mol. The Balaban J connectivity index is 2.44. The summed E-state index contributed by atoms with van der Waals surface area (Å²) in [5, 5.41) is 0. The number of hydrogen-bond donors (Lipinski definition) is 2. The van der Waals surface area contributed by atoms with E-state index in [0.717, 1.165) is 5.56 Å². The summed E-state index contributed by atoms with van der Waals surface area (Å²) < 4.78 is 4.88. The first kappa shape index (κ1) is 14.5. The number of carbonyl (C=O) groups is 1. The van der Waals surface area contributed by atoms with Gasteiger partial charge in [-0.25, -0.2) is 9.59 Å². The van der Waals surface area contributed by atoms with Crippen molar-refractivity contribution < 1.29 is 9.53 Å². The highest BCUT2D eigenvalue weighted by molar-refractivity contribution is 5.90. The molecule has 0 amide bonds. The predicted octanol–water partition coefficient (Wildman–Crippen LogP) is 0.997. The number of aromatic nitrogens is 2. The molecular weight excluding hydrogens is 272 g/mol. The molecule has 0 aliphatic heterocycles. The Morgan fingerprint density at radius 3 is 2.57 bits per heavy atom. The SMILES string of the molecule is C=CCOC(=O)c1c(Cc2ccccc2)[nH]c(=O)[nH]c1=O. The van der Waals surface area contributed by atoms with E-state index in [1.165, 1.54) is 6.08 Å². The Bertz CT molecular complexity index is 759. The molecule has 2 N–H and O–H groups in total. The Morgan fingerprint density at radius 1 is 1.19 bits per heavy atom. The van der Waals surface area contributed by atoms with E-state index in [0.29, 0.717) is 0 Å². The summed E-state index contributed by atoms with van der Waals surface area (Å²) in [6.45, 7) is 3.42. The molecule has 108 valence electrons. The van der Waals surface area contributed by atoms with Gasteiger partial charge in [-0.1, -0.05) is 43.0 Å². The van der Waals surface area contributed by atoms with Gasteiger partial charge in [0.1, 0.15) is 12.2 Å². The lowest BCUT2D eigenvalue weighted by molar-refractivity contribution is 0.0545. The predicted molar refractivity (Wildman–Crippen MR) is 77.4 cm³/mol. The smallest absolute Gasteiger partial charge is 0.345 e. The first-order valence-electron chi connectivity index (χ1n) is 6.29. The number of esters is 1. The van der Waals surface area contributed by atoms with E-state index in [2.05, 4.69) is 11.6 Å². The minimum Gasteiger partial charge on any atom is -0.458 e. The van der Waals surface area contributed by atoms with Crippen molar-refractivity contribution in [1.82, 2.24) is 9.97 Å².